The summed E-state index contributed by atoms with van der Waals surface area (Å²) >= 11 is 1.45. The van der Waals surface area contributed by atoms with E-state index < -0.39 is 0 Å². The highest BCUT2D eigenvalue weighted by molar-refractivity contribution is 7.13. The molecule has 2 aromatic carbocycles. The van der Waals surface area contributed by atoms with Crippen molar-refractivity contribution < 1.29 is 4.74 Å². The van der Waals surface area contributed by atoms with Crippen LogP contribution in [0.1, 0.15) is 6.92 Å². The molecule has 0 saturated heterocycles. The first-order chi connectivity index (χ1) is 9.29. The van der Waals surface area contributed by atoms with Crippen LogP contribution in [0.5, 0.6) is 5.75 Å². The molecule has 0 aliphatic carbocycles. The molecule has 3 aromatic rings. The molecule has 0 fully saturated rings. The Kier molecular flexibility index (Phi) is 3.09. The van der Waals surface area contributed by atoms with Crippen LogP contribution in [-0.2, 0) is 0 Å². The lowest BCUT2D eigenvalue weighted by Gasteiger charge is -2.11. The molecule has 0 radical (unpaired) electrons. The van der Waals surface area contributed by atoms with E-state index in [1.807, 2.05) is 30.5 Å². The topological polar surface area (TPSA) is 48.1 Å². The number of anilines is 1. The lowest BCUT2D eigenvalue weighted by atomic mass is 10.0. The molecular weight excluding hydrogens is 256 g/mol. The number of thiazole rings is 1. The van der Waals surface area contributed by atoms with Gasteiger partial charge in [-0.2, -0.15) is 0 Å². The summed E-state index contributed by atoms with van der Waals surface area (Å²) in [6.45, 7) is 2.61. The monoisotopic (exact) mass is 270 g/mol. The number of hydrogen-bond donors (Lipinski definition) is 1. The van der Waals surface area contributed by atoms with Gasteiger partial charge in [0.1, 0.15) is 5.75 Å². The van der Waals surface area contributed by atoms with Crippen molar-refractivity contribution in [1.29, 1.82) is 0 Å². The summed E-state index contributed by atoms with van der Waals surface area (Å²) in [6, 6.07) is 12.3. The van der Waals surface area contributed by atoms with Crippen LogP contribution in [0, 0.1) is 0 Å². The number of nitrogens with two attached hydrogens (primary N) is 1. The third-order valence-electron chi connectivity index (χ3n) is 2.97. The zero-order valence-electron chi connectivity index (χ0n) is 10.6. The molecule has 0 aliphatic heterocycles. The van der Waals surface area contributed by atoms with Gasteiger partial charge in [0, 0.05) is 5.38 Å². The molecule has 4 heteroatoms. The van der Waals surface area contributed by atoms with Crippen LogP contribution >= 0.6 is 11.3 Å². The standard InChI is InChI=1S/C15H14N2OS/c1-2-18-13-8-7-10-5-3-4-6-11(10)14(13)12-9-19-15(16)17-12/h3-9H,2H2,1H3,(H2,16,17). The molecule has 0 saturated carbocycles. The van der Waals surface area contributed by atoms with E-state index >= 15 is 0 Å². The minimum absolute atomic E-state index is 0.574. The maximum absolute atomic E-state index is 5.75. The van der Waals surface area contributed by atoms with Crippen LogP contribution in [0.25, 0.3) is 22.0 Å². The number of rotatable bonds is 3. The molecule has 3 nitrogen and oxygen atoms in total. The van der Waals surface area contributed by atoms with Gasteiger partial charge in [0.25, 0.3) is 0 Å². The van der Waals surface area contributed by atoms with Crippen molar-refractivity contribution in [3.05, 3.63) is 41.8 Å². The molecule has 1 aromatic heterocycles. The largest absolute Gasteiger partial charge is 0.493 e. The van der Waals surface area contributed by atoms with Gasteiger partial charge in [-0.05, 0) is 23.8 Å². The first-order valence-electron chi connectivity index (χ1n) is 6.15. The number of hydrogen-bond acceptors (Lipinski definition) is 4. The van der Waals surface area contributed by atoms with Crippen LogP contribution in [0.3, 0.4) is 0 Å². The SMILES string of the molecule is CCOc1ccc2ccccc2c1-c1csc(N)n1. The van der Waals surface area contributed by atoms with Crippen molar-refractivity contribution in [1.82, 2.24) is 4.98 Å². The predicted molar refractivity (Wildman–Crippen MR) is 80.6 cm³/mol. The van der Waals surface area contributed by atoms with Gasteiger partial charge in [0.2, 0.25) is 0 Å². The number of nitrogen functional groups attached to an aromatic ring is 1. The quantitative estimate of drug-likeness (QED) is 0.784. The highest BCUT2D eigenvalue weighted by Crippen LogP contribution is 2.37. The van der Waals surface area contributed by atoms with Crippen molar-refractivity contribution in [2.45, 2.75) is 6.92 Å². The smallest absolute Gasteiger partial charge is 0.180 e. The fourth-order valence-corrected chi connectivity index (χ4v) is 2.75. The molecular formula is C15H14N2OS. The van der Waals surface area contributed by atoms with Crippen LogP contribution in [0.15, 0.2) is 41.8 Å². The van der Waals surface area contributed by atoms with Crippen LogP contribution < -0.4 is 10.5 Å². The van der Waals surface area contributed by atoms with Gasteiger partial charge in [-0.1, -0.05) is 30.3 Å². The molecule has 0 spiro atoms. The number of ether oxygens (including phenoxy) is 1. The Morgan fingerprint density at radius 1 is 1.21 bits per heavy atom. The van der Waals surface area contributed by atoms with Gasteiger partial charge in [0.05, 0.1) is 17.9 Å². The van der Waals surface area contributed by atoms with Crippen molar-refractivity contribution >= 4 is 27.2 Å². The second kappa shape index (κ2) is 4.90. The normalized spacial score (nSPS) is 10.8. The maximum Gasteiger partial charge on any atom is 0.180 e. The van der Waals surface area contributed by atoms with Crippen LogP contribution in [-0.4, -0.2) is 11.6 Å². The Morgan fingerprint density at radius 2 is 2.05 bits per heavy atom. The van der Waals surface area contributed by atoms with Crippen LogP contribution in [0.2, 0.25) is 0 Å². The minimum Gasteiger partial charge on any atom is -0.493 e. The number of benzene rings is 2. The fraction of sp³-hybridized carbons (Fsp3) is 0.133. The number of fused-ring (bicyclic) bond motifs is 1. The molecule has 3 rings (SSSR count). The molecule has 0 bridgehead atoms. The summed E-state index contributed by atoms with van der Waals surface area (Å²) in [5.74, 6) is 0.853. The zero-order chi connectivity index (χ0) is 13.2. The van der Waals surface area contributed by atoms with Gasteiger partial charge < -0.3 is 10.5 Å². The van der Waals surface area contributed by atoms with Gasteiger partial charge >= 0.3 is 0 Å². The van der Waals surface area contributed by atoms with E-state index in [0.717, 1.165) is 22.4 Å². The Morgan fingerprint density at radius 3 is 2.79 bits per heavy atom. The first-order valence-corrected chi connectivity index (χ1v) is 7.03. The van der Waals surface area contributed by atoms with Crippen molar-refractivity contribution in [3.63, 3.8) is 0 Å². The van der Waals surface area contributed by atoms with Gasteiger partial charge in [-0.25, -0.2) is 4.98 Å². The molecule has 0 amide bonds. The van der Waals surface area contributed by atoms with E-state index in [4.69, 9.17) is 10.5 Å². The Labute approximate surface area is 115 Å². The van der Waals surface area contributed by atoms with Crippen molar-refractivity contribution in [3.8, 4) is 17.0 Å². The second-order valence-corrected chi connectivity index (χ2v) is 5.05. The van der Waals surface area contributed by atoms with E-state index in [2.05, 4.69) is 23.2 Å². The first kappa shape index (κ1) is 12.0. The highest BCUT2D eigenvalue weighted by Gasteiger charge is 2.13. The molecule has 96 valence electrons. The zero-order valence-corrected chi connectivity index (χ0v) is 11.4. The Bertz CT molecular complexity index is 721. The summed E-state index contributed by atoms with van der Waals surface area (Å²) in [6.07, 6.45) is 0. The average Bonchev–Trinajstić information content (AvgIpc) is 2.85. The van der Waals surface area contributed by atoms with E-state index in [9.17, 15) is 0 Å². The predicted octanol–water partition coefficient (Wildman–Crippen LogP) is 3.94. The number of aromatic nitrogens is 1. The lowest BCUT2D eigenvalue weighted by molar-refractivity contribution is 0.342. The Hall–Kier alpha value is -2.07. The fourth-order valence-electron chi connectivity index (χ4n) is 2.19. The lowest BCUT2D eigenvalue weighted by Crippen LogP contribution is -1.95. The highest BCUT2D eigenvalue weighted by atomic mass is 32.1. The van der Waals surface area contributed by atoms with E-state index in [-0.39, 0.29) is 0 Å². The van der Waals surface area contributed by atoms with Crippen molar-refractivity contribution in [2.24, 2.45) is 0 Å². The molecule has 19 heavy (non-hydrogen) atoms. The van der Waals surface area contributed by atoms with E-state index in [1.54, 1.807) is 0 Å². The summed E-state index contributed by atoms with van der Waals surface area (Å²) < 4.78 is 5.73. The molecule has 0 atom stereocenters. The van der Waals surface area contributed by atoms with Crippen LogP contribution in [0.4, 0.5) is 5.13 Å². The summed E-state index contributed by atoms with van der Waals surface area (Å²) in [5.41, 5.74) is 7.65. The van der Waals surface area contributed by atoms with Gasteiger partial charge in [-0.15, -0.1) is 11.3 Å². The minimum atomic E-state index is 0.574. The third kappa shape index (κ3) is 2.15. The maximum atomic E-state index is 5.75. The second-order valence-electron chi connectivity index (χ2n) is 4.16. The molecule has 0 aliphatic rings. The summed E-state index contributed by atoms with van der Waals surface area (Å²) in [7, 11) is 0. The van der Waals surface area contributed by atoms with E-state index in [1.165, 1.54) is 16.7 Å². The summed E-state index contributed by atoms with van der Waals surface area (Å²) in [4.78, 5) is 4.39. The third-order valence-corrected chi connectivity index (χ3v) is 3.64. The molecule has 2 N–H and O–H groups in total. The number of nitrogens with zero attached hydrogens (tertiary/aromatic N) is 1. The van der Waals surface area contributed by atoms with Gasteiger partial charge in [-0.3, -0.25) is 0 Å². The average molecular weight is 270 g/mol. The van der Waals surface area contributed by atoms with E-state index in [0.29, 0.717) is 11.7 Å². The Balaban J connectivity index is 2.31. The summed E-state index contributed by atoms with van der Waals surface area (Å²) in [5, 5.41) is 4.86. The molecule has 1 heterocycles. The van der Waals surface area contributed by atoms with Crippen molar-refractivity contribution in [2.75, 3.05) is 12.3 Å². The van der Waals surface area contributed by atoms with Gasteiger partial charge in [0.15, 0.2) is 5.13 Å². The molecule has 0 unspecified atom stereocenters.